The minimum Gasteiger partial charge on any atom is -0.491 e. The Morgan fingerprint density at radius 1 is 1.14 bits per heavy atom. The number of hydrogen-bond acceptors (Lipinski definition) is 2. The molecule has 22 heavy (non-hydrogen) atoms. The Kier molecular flexibility index (Phi) is 7.01. The number of rotatable bonds is 6. The molecular weight excluding hydrogens is 295 g/mol. The van der Waals surface area contributed by atoms with Gasteiger partial charge in [0.1, 0.15) is 12.4 Å². The van der Waals surface area contributed by atoms with E-state index in [9.17, 15) is 13.2 Å². The van der Waals surface area contributed by atoms with Gasteiger partial charge in [-0.25, -0.2) is 0 Å². The lowest BCUT2D eigenvalue weighted by Gasteiger charge is -2.15. The highest BCUT2D eigenvalue weighted by Crippen LogP contribution is 2.21. The van der Waals surface area contributed by atoms with Crippen molar-refractivity contribution in [3.63, 3.8) is 0 Å². The molecular formula is C15H22F3N3O. The zero-order valence-electron chi connectivity index (χ0n) is 13.0. The lowest BCUT2D eigenvalue weighted by Crippen LogP contribution is -2.40. The van der Waals surface area contributed by atoms with E-state index >= 15 is 0 Å². The molecule has 1 rings (SSSR count). The van der Waals surface area contributed by atoms with Crippen LogP contribution in [0.4, 0.5) is 13.2 Å². The summed E-state index contributed by atoms with van der Waals surface area (Å²) in [5, 5.41) is 5.52. The highest BCUT2D eigenvalue weighted by Gasteiger charge is 2.26. The molecule has 0 saturated carbocycles. The van der Waals surface area contributed by atoms with Crippen molar-refractivity contribution < 1.29 is 17.9 Å². The summed E-state index contributed by atoms with van der Waals surface area (Å²) in [5.74, 6) is 1.17. The molecule has 1 aromatic rings. The fourth-order valence-electron chi connectivity index (χ4n) is 1.89. The van der Waals surface area contributed by atoms with Gasteiger partial charge in [-0.2, -0.15) is 13.2 Å². The third kappa shape index (κ3) is 6.69. The first-order valence-corrected chi connectivity index (χ1v) is 7.04. The maximum atomic E-state index is 12.1. The topological polar surface area (TPSA) is 45.7 Å². The second-order valence-electron chi connectivity index (χ2n) is 4.86. The molecule has 0 saturated heterocycles. The highest BCUT2D eigenvalue weighted by atomic mass is 19.4. The van der Waals surface area contributed by atoms with Crippen LogP contribution in [0.3, 0.4) is 0 Å². The predicted molar refractivity (Wildman–Crippen MR) is 81.4 cm³/mol. The van der Waals surface area contributed by atoms with E-state index in [0.29, 0.717) is 19.1 Å². The molecule has 0 heterocycles. The number of hydrogen-bond donors (Lipinski definition) is 2. The number of para-hydroxylation sites is 1. The van der Waals surface area contributed by atoms with Gasteiger partial charge in [-0.15, -0.1) is 0 Å². The molecule has 0 spiro atoms. The Hall–Kier alpha value is -1.92. The zero-order valence-corrected chi connectivity index (χ0v) is 13.0. The number of alkyl halides is 3. The average Bonchev–Trinajstić information content (AvgIpc) is 2.42. The van der Waals surface area contributed by atoms with Crippen LogP contribution in [0.2, 0.25) is 0 Å². The normalized spacial score (nSPS) is 12.2. The minimum absolute atomic E-state index is 0.207. The van der Waals surface area contributed by atoms with Crippen molar-refractivity contribution in [3.05, 3.63) is 29.3 Å². The molecule has 0 aromatic heterocycles. The second-order valence-corrected chi connectivity index (χ2v) is 4.86. The van der Waals surface area contributed by atoms with Gasteiger partial charge in [0.25, 0.3) is 0 Å². The number of halogens is 3. The summed E-state index contributed by atoms with van der Waals surface area (Å²) >= 11 is 0. The second kappa shape index (κ2) is 8.51. The Labute approximate surface area is 128 Å². The van der Waals surface area contributed by atoms with E-state index in [1.165, 1.54) is 7.05 Å². The van der Waals surface area contributed by atoms with E-state index in [0.717, 1.165) is 16.9 Å². The molecule has 4 nitrogen and oxygen atoms in total. The SMILES string of the molecule is CN=C(NCCOc1c(C)cccc1C)NCCC(F)(F)F. The summed E-state index contributed by atoms with van der Waals surface area (Å²) in [6, 6.07) is 5.89. The molecule has 0 unspecified atom stereocenters. The fourth-order valence-corrected chi connectivity index (χ4v) is 1.89. The first-order valence-electron chi connectivity index (χ1n) is 7.04. The lowest BCUT2D eigenvalue weighted by molar-refractivity contribution is -0.132. The van der Waals surface area contributed by atoms with Gasteiger partial charge in [0.15, 0.2) is 5.96 Å². The Morgan fingerprint density at radius 3 is 2.27 bits per heavy atom. The van der Waals surface area contributed by atoms with E-state index in [4.69, 9.17) is 4.74 Å². The van der Waals surface area contributed by atoms with Crippen molar-refractivity contribution in [2.75, 3.05) is 26.7 Å². The molecule has 2 N–H and O–H groups in total. The fraction of sp³-hybridized carbons (Fsp3) is 0.533. The Balaban J connectivity index is 2.30. The van der Waals surface area contributed by atoms with Gasteiger partial charge in [0, 0.05) is 13.6 Å². The number of ether oxygens (including phenoxy) is 1. The van der Waals surface area contributed by atoms with Crippen LogP contribution < -0.4 is 15.4 Å². The summed E-state index contributed by atoms with van der Waals surface area (Å²) in [4.78, 5) is 3.86. The van der Waals surface area contributed by atoms with Crippen LogP contribution in [-0.2, 0) is 0 Å². The van der Waals surface area contributed by atoms with Crippen LogP contribution in [0.25, 0.3) is 0 Å². The molecule has 0 aliphatic rings. The van der Waals surface area contributed by atoms with Crippen molar-refractivity contribution in [2.45, 2.75) is 26.4 Å². The first-order chi connectivity index (χ1) is 10.3. The minimum atomic E-state index is -4.17. The number of benzene rings is 1. The van der Waals surface area contributed by atoms with Crippen molar-refractivity contribution >= 4 is 5.96 Å². The summed E-state index contributed by atoms with van der Waals surface area (Å²) in [6.45, 7) is 4.56. The third-order valence-corrected chi connectivity index (χ3v) is 2.97. The van der Waals surface area contributed by atoms with Gasteiger partial charge in [-0.1, -0.05) is 18.2 Å². The summed E-state index contributed by atoms with van der Waals surface area (Å²) in [5.41, 5.74) is 2.10. The van der Waals surface area contributed by atoms with Gasteiger partial charge in [0.05, 0.1) is 13.0 Å². The van der Waals surface area contributed by atoms with Crippen LogP contribution in [-0.4, -0.2) is 38.9 Å². The van der Waals surface area contributed by atoms with E-state index in [2.05, 4.69) is 15.6 Å². The quantitative estimate of drug-likeness (QED) is 0.482. The van der Waals surface area contributed by atoms with Crippen molar-refractivity contribution in [3.8, 4) is 5.75 Å². The Morgan fingerprint density at radius 2 is 1.73 bits per heavy atom. The van der Waals surface area contributed by atoms with Gasteiger partial charge < -0.3 is 15.4 Å². The molecule has 0 fully saturated rings. The summed E-state index contributed by atoms with van der Waals surface area (Å²) < 4.78 is 41.9. The van der Waals surface area contributed by atoms with Crippen molar-refractivity contribution in [1.82, 2.24) is 10.6 Å². The van der Waals surface area contributed by atoms with Gasteiger partial charge in [-0.05, 0) is 25.0 Å². The van der Waals surface area contributed by atoms with Gasteiger partial charge >= 0.3 is 6.18 Å². The number of nitrogens with zero attached hydrogens (tertiary/aromatic N) is 1. The summed E-state index contributed by atoms with van der Waals surface area (Å²) in [7, 11) is 1.51. The van der Waals surface area contributed by atoms with Crippen LogP contribution in [0, 0.1) is 13.8 Å². The maximum absolute atomic E-state index is 12.1. The van der Waals surface area contributed by atoms with Crippen LogP contribution in [0.5, 0.6) is 5.75 Å². The van der Waals surface area contributed by atoms with Crippen molar-refractivity contribution in [1.29, 1.82) is 0 Å². The third-order valence-electron chi connectivity index (χ3n) is 2.97. The first kappa shape index (κ1) is 18.1. The molecule has 0 amide bonds. The molecule has 0 aliphatic carbocycles. The highest BCUT2D eigenvalue weighted by molar-refractivity contribution is 5.79. The van der Waals surface area contributed by atoms with E-state index in [1.54, 1.807) is 0 Å². The lowest BCUT2D eigenvalue weighted by atomic mass is 10.1. The molecule has 124 valence electrons. The van der Waals surface area contributed by atoms with E-state index in [1.807, 2.05) is 32.0 Å². The molecule has 0 radical (unpaired) electrons. The monoisotopic (exact) mass is 317 g/mol. The van der Waals surface area contributed by atoms with Crippen molar-refractivity contribution in [2.24, 2.45) is 4.99 Å². The Bertz CT molecular complexity index is 481. The molecule has 0 bridgehead atoms. The number of aliphatic imine (C=N–C) groups is 1. The van der Waals surface area contributed by atoms with E-state index in [-0.39, 0.29) is 6.54 Å². The maximum Gasteiger partial charge on any atom is 0.390 e. The zero-order chi connectivity index (χ0) is 16.6. The van der Waals surface area contributed by atoms with Gasteiger partial charge in [-0.3, -0.25) is 4.99 Å². The number of aryl methyl sites for hydroxylation is 2. The van der Waals surface area contributed by atoms with Crippen LogP contribution in [0.15, 0.2) is 23.2 Å². The molecule has 0 aliphatic heterocycles. The smallest absolute Gasteiger partial charge is 0.390 e. The van der Waals surface area contributed by atoms with Crippen LogP contribution >= 0.6 is 0 Å². The molecule has 1 aromatic carbocycles. The van der Waals surface area contributed by atoms with E-state index < -0.39 is 12.6 Å². The molecule has 7 heteroatoms. The number of guanidine groups is 1. The van der Waals surface area contributed by atoms with Crippen LogP contribution in [0.1, 0.15) is 17.5 Å². The summed E-state index contributed by atoms with van der Waals surface area (Å²) in [6.07, 6.45) is -5.07. The predicted octanol–water partition coefficient (Wildman–Crippen LogP) is 2.80. The standard InChI is InChI=1S/C15H22F3N3O/c1-11-5-4-6-12(2)13(11)22-10-9-21-14(19-3)20-8-7-15(16,17)18/h4-6H,7-10H2,1-3H3,(H2,19,20,21). The largest absolute Gasteiger partial charge is 0.491 e. The van der Waals surface area contributed by atoms with Gasteiger partial charge in [0.2, 0.25) is 0 Å². The number of nitrogens with one attached hydrogen (secondary N) is 2. The average molecular weight is 317 g/mol. The molecule has 0 atom stereocenters.